The summed E-state index contributed by atoms with van der Waals surface area (Å²) in [6.45, 7) is 0.748. The van der Waals surface area contributed by atoms with E-state index in [1.807, 2.05) is 12.1 Å². The Labute approximate surface area is 145 Å². The standard InChI is InChI=1S/C15H13Br2ClN2O/c16-10-5-9(7-19-12-2-3-12)15(20-8-10)21-14-4-1-11(18)6-13(14)17/h1,4-6,8,12,19H,2-3,7H2. The number of halogens is 3. The van der Waals surface area contributed by atoms with E-state index in [0.29, 0.717) is 22.7 Å². The molecule has 21 heavy (non-hydrogen) atoms. The van der Waals surface area contributed by atoms with Crippen molar-refractivity contribution in [3.05, 3.63) is 50.0 Å². The topological polar surface area (TPSA) is 34.1 Å². The van der Waals surface area contributed by atoms with Crippen LogP contribution in [0.2, 0.25) is 5.02 Å². The van der Waals surface area contributed by atoms with Crippen molar-refractivity contribution < 1.29 is 4.74 Å². The zero-order valence-electron chi connectivity index (χ0n) is 11.1. The van der Waals surface area contributed by atoms with Gasteiger partial charge in [0, 0.05) is 33.8 Å². The summed E-state index contributed by atoms with van der Waals surface area (Å²) in [5, 5.41) is 4.14. The van der Waals surface area contributed by atoms with Gasteiger partial charge in [-0.1, -0.05) is 11.6 Å². The summed E-state index contributed by atoms with van der Waals surface area (Å²) in [4.78, 5) is 4.37. The van der Waals surface area contributed by atoms with E-state index >= 15 is 0 Å². The molecule has 0 amide bonds. The molecule has 1 N–H and O–H groups in total. The highest BCUT2D eigenvalue weighted by Crippen LogP contribution is 2.33. The zero-order chi connectivity index (χ0) is 14.8. The molecule has 0 spiro atoms. The Morgan fingerprint density at radius 1 is 1.29 bits per heavy atom. The van der Waals surface area contributed by atoms with Gasteiger partial charge in [-0.3, -0.25) is 0 Å². The van der Waals surface area contributed by atoms with Crippen molar-refractivity contribution in [2.75, 3.05) is 0 Å². The maximum absolute atomic E-state index is 5.95. The third-order valence-corrected chi connectivity index (χ3v) is 4.44. The molecule has 0 aliphatic heterocycles. The minimum atomic E-state index is 0.606. The predicted molar refractivity (Wildman–Crippen MR) is 91.0 cm³/mol. The molecule has 0 saturated heterocycles. The molecule has 0 bridgehead atoms. The Balaban J connectivity index is 1.82. The molecule has 2 aromatic rings. The maximum atomic E-state index is 5.95. The highest BCUT2D eigenvalue weighted by atomic mass is 79.9. The number of pyridine rings is 1. The van der Waals surface area contributed by atoms with Gasteiger partial charge in [0.15, 0.2) is 0 Å². The summed E-state index contributed by atoms with van der Waals surface area (Å²) in [7, 11) is 0. The van der Waals surface area contributed by atoms with Crippen molar-refractivity contribution in [1.29, 1.82) is 0 Å². The minimum absolute atomic E-state index is 0.606. The molecule has 110 valence electrons. The monoisotopic (exact) mass is 430 g/mol. The van der Waals surface area contributed by atoms with Crippen molar-refractivity contribution in [3.63, 3.8) is 0 Å². The van der Waals surface area contributed by atoms with Crippen LogP contribution in [0.15, 0.2) is 39.4 Å². The molecular formula is C15H13Br2ClN2O. The fraction of sp³-hybridized carbons (Fsp3) is 0.267. The molecule has 1 fully saturated rings. The summed E-state index contributed by atoms with van der Waals surface area (Å²) in [6, 6.07) is 8.09. The molecule has 3 rings (SSSR count). The SMILES string of the molecule is Clc1ccc(Oc2ncc(Br)cc2CNC2CC2)c(Br)c1. The summed E-state index contributed by atoms with van der Waals surface area (Å²) >= 11 is 12.9. The summed E-state index contributed by atoms with van der Waals surface area (Å²) < 4.78 is 7.67. The number of aromatic nitrogens is 1. The number of ether oxygens (including phenoxy) is 1. The first-order chi connectivity index (χ1) is 10.1. The lowest BCUT2D eigenvalue weighted by Crippen LogP contribution is -2.16. The van der Waals surface area contributed by atoms with Crippen molar-refractivity contribution >= 4 is 43.5 Å². The molecule has 0 unspecified atom stereocenters. The fourth-order valence-electron chi connectivity index (χ4n) is 1.89. The molecule has 0 radical (unpaired) electrons. The van der Waals surface area contributed by atoms with E-state index in [1.54, 1.807) is 18.3 Å². The van der Waals surface area contributed by atoms with Gasteiger partial charge in [-0.2, -0.15) is 0 Å². The van der Waals surface area contributed by atoms with Gasteiger partial charge < -0.3 is 10.1 Å². The first-order valence-electron chi connectivity index (χ1n) is 6.62. The van der Waals surface area contributed by atoms with Crippen molar-refractivity contribution in [1.82, 2.24) is 10.3 Å². The van der Waals surface area contributed by atoms with Gasteiger partial charge in [0.05, 0.1) is 4.47 Å². The van der Waals surface area contributed by atoms with Crippen LogP contribution in [0.3, 0.4) is 0 Å². The fourth-order valence-corrected chi connectivity index (χ4v) is 3.03. The second-order valence-electron chi connectivity index (χ2n) is 4.95. The van der Waals surface area contributed by atoms with Gasteiger partial charge in [-0.25, -0.2) is 4.98 Å². The Bertz CT molecular complexity index is 662. The quantitative estimate of drug-likeness (QED) is 0.696. The van der Waals surface area contributed by atoms with E-state index in [2.05, 4.69) is 42.2 Å². The Kier molecular flexibility index (Phi) is 4.84. The molecule has 6 heteroatoms. The summed E-state index contributed by atoms with van der Waals surface area (Å²) in [5.74, 6) is 1.30. The summed E-state index contributed by atoms with van der Waals surface area (Å²) in [5.41, 5.74) is 1.03. The van der Waals surface area contributed by atoms with Gasteiger partial charge >= 0.3 is 0 Å². The third-order valence-electron chi connectivity index (χ3n) is 3.15. The minimum Gasteiger partial charge on any atom is -0.438 e. The van der Waals surface area contributed by atoms with E-state index in [0.717, 1.165) is 21.1 Å². The van der Waals surface area contributed by atoms with Crippen molar-refractivity contribution in [2.24, 2.45) is 0 Å². The van der Waals surface area contributed by atoms with Crippen LogP contribution < -0.4 is 10.1 Å². The van der Waals surface area contributed by atoms with Crippen LogP contribution >= 0.6 is 43.5 Å². The van der Waals surface area contributed by atoms with Crippen LogP contribution in [-0.2, 0) is 6.54 Å². The Morgan fingerprint density at radius 3 is 2.81 bits per heavy atom. The second kappa shape index (κ2) is 6.65. The van der Waals surface area contributed by atoms with E-state index < -0.39 is 0 Å². The van der Waals surface area contributed by atoms with Gasteiger partial charge in [-0.05, 0) is 69.0 Å². The normalized spacial score (nSPS) is 14.2. The number of nitrogens with one attached hydrogen (secondary N) is 1. The number of hydrogen-bond donors (Lipinski definition) is 1. The molecule has 1 heterocycles. The van der Waals surface area contributed by atoms with Crippen LogP contribution in [0.25, 0.3) is 0 Å². The summed E-state index contributed by atoms with van der Waals surface area (Å²) in [6.07, 6.45) is 4.24. The average Bonchev–Trinajstić information content (AvgIpc) is 3.26. The third kappa shape index (κ3) is 4.19. The molecule has 3 nitrogen and oxygen atoms in total. The maximum Gasteiger partial charge on any atom is 0.223 e. The smallest absolute Gasteiger partial charge is 0.223 e. The molecule has 1 aliphatic carbocycles. The first-order valence-corrected chi connectivity index (χ1v) is 8.59. The molecule has 1 aromatic heterocycles. The molecule has 1 aliphatic rings. The van der Waals surface area contributed by atoms with E-state index in [-0.39, 0.29) is 0 Å². The van der Waals surface area contributed by atoms with E-state index in [1.165, 1.54) is 12.8 Å². The van der Waals surface area contributed by atoms with Crippen molar-refractivity contribution in [2.45, 2.75) is 25.4 Å². The first kappa shape index (κ1) is 15.3. The largest absolute Gasteiger partial charge is 0.438 e. The van der Waals surface area contributed by atoms with Gasteiger partial charge in [0.1, 0.15) is 5.75 Å². The number of rotatable bonds is 5. The Morgan fingerprint density at radius 2 is 2.10 bits per heavy atom. The molecule has 0 atom stereocenters. The Hall–Kier alpha value is -0.620. The zero-order valence-corrected chi connectivity index (χ0v) is 15.0. The van der Waals surface area contributed by atoms with Crippen LogP contribution in [0.4, 0.5) is 0 Å². The lowest BCUT2D eigenvalue weighted by atomic mass is 10.2. The van der Waals surface area contributed by atoms with Gasteiger partial charge in [-0.15, -0.1) is 0 Å². The van der Waals surface area contributed by atoms with E-state index in [9.17, 15) is 0 Å². The lowest BCUT2D eigenvalue weighted by molar-refractivity contribution is 0.450. The lowest BCUT2D eigenvalue weighted by Gasteiger charge is -2.12. The average molecular weight is 433 g/mol. The van der Waals surface area contributed by atoms with Crippen LogP contribution in [0.5, 0.6) is 11.6 Å². The van der Waals surface area contributed by atoms with Crippen molar-refractivity contribution in [3.8, 4) is 11.6 Å². The highest BCUT2D eigenvalue weighted by Gasteiger charge is 2.21. The highest BCUT2D eigenvalue weighted by molar-refractivity contribution is 9.10. The molecule has 1 aromatic carbocycles. The van der Waals surface area contributed by atoms with Crippen LogP contribution in [0, 0.1) is 0 Å². The van der Waals surface area contributed by atoms with E-state index in [4.69, 9.17) is 16.3 Å². The molecular weight excluding hydrogens is 419 g/mol. The second-order valence-corrected chi connectivity index (χ2v) is 7.16. The van der Waals surface area contributed by atoms with Crippen LogP contribution in [-0.4, -0.2) is 11.0 Å². The van der Waals surface area contributed by atoms with Gasteiger partial charge in [0.2, 0.25) is 5.88 Å². The number of benzene rings is 1. The number of nitrogens with zero attached hydrogens (tertiary/aromatic N) is 1. The van der Waals surface area contributed by atoms with Crippen LogP contribution in [0.1, 0.15) is 18.4 Å². The van der Waals surface area contributed by atoms with Gasteiger partial charge in [0.25, 0.3) is 0 Å². The number of hydrogen-bond acceptors (Lipinski definition) is 3. The molecule has 1 saturated carbocycles. The predicted octanol–water partition coefficient (Wildman–Crippen LogP) is 5.30.